The SMILES string of the molecule is Cc1[nH]c(-c2ccncc2)nc1-c1cc(Cl)ccc1Cl. The van der Waals surface area contributed by atoms with E-state index in [1.807, 2.05) is 25.1 Å². The van der Waals surface area contributed by atoms with Crippen LogP contribution in [0.4, 0.5) is 0 Å². The van der Waals surface area contributed by atoms with Crippen LogP contribution in [0.1, 0.15) is 5.69 Å². The van der Waals surface area contributed by atoms with Gasteiger partial charge in [-0.3, -0.25) is 4.98 Å². The number of aromatic nitrogens is 3. The van der Waals surface area contributed by atoms with Crippen molar-refractivity contribution in [3.8, 4) is 22.6 Å². The summed E-state index contributed by atoms with van der Waals surface area (Å²) in [5.74, 6) is 0.788. The minimum atomic E-state index is 0.630. The molecule has 0 saturated carbocycles. The number of pyridine rings is 1. The van der Waals surface area contributed by atoms with Crippen molar-refractivity contribution in [1.29, 1.82) is 0 Å². The standard InChI is InChI=1S/C15H11Cl2N3/c1-9-14(12-8-11(16)2-3-13(12)17)20-15(19-9)10-4-6-18-7-5-10/h2-8H,1H3,(H,19,20). The Kier molecular flexibility index (Phi) is 3.47. The van der Waals surface area contributed by atoms with Crippen LogP contribution in [0.25, 0.3) is 22.6 Å². The lowest BCUT2D eigenvalue weighted by molar-refractivity contribution is 1.24. The summed E-state index contributed by atoms with van der Waals surface area (Å²) in [6.45, 7) is 1.96. The van der Waals surface area contributed by atoms with Gasteiger partial charge in [0.2, 0.25) is 0 Å². The third kappa shape index (κ3) is 2.42. The molecule has 0 atom stereocenters. The number of aromatic amines is 1. The van der Waals surface area contributed by atoms with Gasteiger partial charge in [-0.1, -0.05) is 23.2 Å². The van der Waals surface area contributed by atoms with Crippen LogP contribution in [0, 0.1) is 6.92 Å². The van der Waals surface area contributed by atoms with Crippen molar-refractivity contribution in [2.24, 2.45) is 0 Å². The normalized spacial score (nSPS) is 10.8. The molecule has 3 rings (SSSR count). The number of nitrogens with one attached hydrogen (secondary N) is 1. The third-order valence-electron chi connectivity index (χ3n) is 3.02. The van der Waals surface area contributed by atoms with Gasteiger partial charge in [0.15, 0.2) is 0 Å². The third-order valence-corrected chi connectivity index (χ3v) is 3.59. The highest BCUT2D eigenvalue weighted by molar-refractivity contribution is 6.35. The second-order valence-corrected chi connectivity index (χ2v) is 5.26. The summed E-state index contributed by atoms with van der Waals surface area (Å²) in [7, 11) is 0. The van der Waals surface area contributed by atoms with E-state index in [-0.39, 0.29) is 0 Å². The van der Waals surface area contributed by atoms with Crippen molar-refractivity contribution in [3.63, 3.8) is 0 Å². The van der Waals surface area contributed by atoms with Crippen LogP contribution >= 0.6 is 23.2 Å². The van der Waals surface area contributed by atoms with Gasteiger partial charge in [0.25, 0.3) is 0 Å². The van der Waals surface area contributed by atoms with Crippen LogP contribution in [-0.2, 0) is 0 Å². The molecule has 0 aliphatic carbocycles. The first-order valence-corrected chi connectivity index (χ1v) is 6.83. The van der Waals surface area contributed by atoms with E-state index >= 15 is 0 Å². The predicted molar refractivity (Wildman–Crippen MR) is 82.0 cm³/mol. The summed E-state index contributed by atoms with van der Waals surface area (Å²) >= 11 is 12.3. The molecule has 0 aliphatic rings. The van der Waals surface area contributed by atoms with Gasteiger partial charge in [-0.2, -0.15) is 0 Å². The average Bonchev–Trinajstić information content (AvgIpc) is 2.84. The zero-order valence-corrected chi connectivity index (χ0v) is 12.2. The summed E-state index contributed by atoms with van der Waals surface area (Å²) in [6, 6.07) is 9.17. The maximum absolute atomic E-state index is 6.24. The lowest BCUT2D eigenvalue weighted by Gasteiger charge is -2.02. The van der Waals surface area contributed by atoms with E-state index in [2.05, 4.69) is 15.0 Å². The van der Waals surface area contributed by atoms with E-state index in [1.165, 1.54) is 0 Å². The molecule has 0 unspecified atom stereocenters. The molecule has 100 valence electrons. The van der Waals surface area contributed by atoms with Crippen LogP contribution < -0.4 is 0 Å². The monoisotopic (exact) mass is 303 g/mol. The zero-order chi connectivity index (χ0) is 14.1. The Hall–Kier alpha value is -1.84. The van der Waals surface area contributed by atoms with Crippen LogP contribution in [-0.4, -0.2) is 15.0 Å². The Balaban J connectivity index is 2.12. The lowest BCUT2D eigenvalue weighted by atomic mass is 10.1. The Bertz CT molecular complexity index is 751. The first-order valence-electron chi connectivity index (χ1n) is 6.07. The van der Waals surface area contributed by atoms with Crippen molar-refractivity contribution < 1.29 is 0 Å². The molecule has 0 bridgehead atoms. The molecule has 5 heteroatoms. The highest BCUT2D eigenvalue weighted by Crippen LogP contribution is 2.32. The number of imidazole rings is 1. The van der Waals surface area contributed by atoms with Crippen molar-refractivity contribution in [2.75, 3.05) is 0 Å². The number of hydrogen-bond acceptors (Lipinski definition) is 2. The lowest BCUT2D eigenvalue weighted by Crippen LogP contribution is -1.83. The van der Waals surface area contributed by atoms with E-state index < -0.39 is 0 Å². The fourth-order valence-corrected chi connectivity index (χ4v) is 2.43. The summed E-state index contributed by atoms with van der Waals surface area (Å²) < 4.78 is 0. The van der Waals surface area contributed by atoms with E-state index in [0.29, 0.717) is 10.0 Å². The molecule has 0 amide bonds. The molecule has 20 heavy (non-hydrogen) atoms. The van der Waals surface area contributed by atoms with Crippen molar-refractivity contribution >= 4 is 23.2 Å². The molecular formula is C15H11Cl2N3. The molecular weight excluding hydrogens is 293 g/mol. The van der Waals surface area contributed by atoms with E-state index in [1.54, 1.807) is 24.5 Å². The van der Waals surface area contributed by atoms with Gasteiger partial charge in [0.05, 0.1) is 10.7 Å². The van der Waals surface area contributed by atoms with E-state index in [9.17, 15) is 0 Å². The minimum Gasteiger partial charge on any atom is -0.342 e. The van der Waals surface area contributed by atoms with Gasteiger partial charge < -0.3 is 4.98 Å². The van der Waals surface area contributed by atoms with Gasteiger partial charge in [0.1, 0.15) is 5.82 Å². The molecule has 3 aromatic rings. The van der Waals surface area contributed by atoms with Gasteiger partial charge in [-0.15, -0.1) is 0 Å². The van der Waals surface area contributed by atoms with Crippen LogP contribution in [0.5, 0.6) is 0 Å². The second kappa shape index (κ2) is 5.27. The molecule has 3 nitrogen and oxygen atoms in total. The Morgan fingerprint density at radius 3 is 2.55 bits per heavy atom. The summed E-state index contributed by atoms with van der Waals surface area (Å²) in [6.07, 6.45) is 3.47. The van der Waals surface area contributed by atoms with Crippen molar-refractivity contribution in [1.82, 2.24) is 15.0 Å². The molecule has 2 aromatic heterocycles. The molecule has 1 N–H and O–H groups in total. The number of aryl methyl sites for hydroxylation is 1. The molecule has 0 saturated heterocycles. The van der Waals surface area contributed by atoms with Gasteiger partial charge >= 0.3 is 0 Å². The summed E-state index contributed by atoms with van der Waals surface area (Å²) in [4.78, 5) is 11.9. The minimum absolute atomic E-state index is 0.630. The van der Waals surface area contributed by atoms with Gasteiger partial charge in [-0.25, -0.2) is 4.98 Å². The maximum atomic E-state index is 6.24. The van der Waals surface area contributed by atoms with Gasteiger partial charge in [-0.05, 0) is 37.3 Å². The predicted octanol–water partition coefficient (Wildman–Crippen LogP) is 4.75. The van der Waals surface area contributed by atoms with E-state index in [0.717, 1.165) is 28.3 Å². The fourth-order valence-electron chi connectivity index (χ4n) is 2.05. The number of rotatable bonds is 2. The van der Waals surface area contributed by atoms with E-state index in [4.69, 9.17) is 23.2 Å². The zero-order valence-electron chi connectivity index (χ0n) is 10.7. The van der Waals surface area contributed by atoms with Crippen LogP contribution in [0.3, 0.4) is 0 Å². The second-order valence-electron chi connectivity index (χ2n) is 4.42. The Morgan fingerprint density at radius 1 is 1.05 bits per heavy atom. The smallest absolute Gasteiger partial charge is 0.138 e. The summed E-state index contributed by atoms with van der Waals surface area (Å²) in [5.41, 5.74) is 3.56. The van der Waals surface area contributed by atoms with Crippen LogP contribution in [0.15, 0.2) is 42.7 Å². The highest BCUT2D eigenvalue weighted by Gasteiger charge is 2.13. The molecule has 0 aliphatic heterocycles. The Labute approximate surface area is 126 Å². The molecule has 2 heterocycles. The van der Waals surface area contributed by atoms with Crippen molar-refractivity contribution in [2.45, 2.75) is 6.92 Å². The number of halogens is 2. The number of benzene rings is 1. The molecule has 1 aromatic carbocycles. The summed E-state index contributed by atoms with van der Waals surface area (Å²) in [5, 5.41) is 1.27. The largest absolute Gasteiger partial charge is 0.342 e. The van der Waals surface area contributed by atoms with Crippen LogP contribution in [0.2, 0.25) is 10.0 Å². The van der Waals surface area contributed by atoms with Gasteiger partial charge in [0, 0.05) is 34.2 Å². The van der Waals surface area contributed by atoms with Crippen molar-refractivity contribution in [3.05, 3.63) is 58.5 Å². The molecule has 0 fully saturated rings. The number of H-pyrrole nitrogens is 1. The quantitative estimate of drug-likeness (QED) is 0.742. The first-order chi connectivity index (χ1) is 9.65. The number of hydrogen-bond donors (Lipinski definition) is 1. The molecule has 0 spiro atoms. The average molecular weight is 304 g/mol. The fraction of sp³-hybridized carbons (Fsp3) is 0.0667. The topological polar surface area (TPSA) is 41.6 Å². The Morgan fingerprint density at radius 2 is 1.80 bits per heavy atom. The molecule has 0 radical (unpaired) electrons. The first kappa shape index (κ1) is 13.2. The number of nitrogens with zero attached hydrogens (tertiary/aromatic N) is 2. The maximum Gasteiger partial charge on any atom is 0.138 e. The highest BCUT2D eigenvalue weighted by atomic mass is 35.5.